The van der Waals surface area contributed by atoms with Crippen molar-refractivity contribution >= 4 is 11.9 Å². The average Bonchev–Trinajstić information content (AvgIpc) is 2.56. The number of carbonyl (C=O) groups excluding carboxylic acids is 2. The topological polar surface area (TPSA) is 198 Å². The molecule has 2 aliphatic heterocycles. The van der Waals surface area contributed by atoms with Gasteiger partial charge in [0, 0.05) is 6.92 Å². The Balaban J connectivity index is 2.24. The first-order chi connectivity index (χ1) is 12.1. The van der Waals surface area contributed by atoms with E-state index in [1.807, 2.05) is 0 Å². The highest BCUT2D eigenvalue weighted by Gasteiger charge is 2.48. The number of aliphatic hydroxyl groups is 5. The SMILES string of the molecule is CC(=O)N[C@H]1C(O)O[C@H](CO)[C@H](O)[C@@H]1O[C@@H]1OC(C(=O)[O-])=C[C@H](O)[C@H]1O. The first-order valence-electron chi connectivity index (χ1n) is 7.66. The van der Waals surface area contributed by atoms with Gasteiger partial charge in [0.15, 0.2) is 6.29 Å². The highest BCUT2D eigenvalue weighted by Crippen LogP contribution is 2.27. The first kappa shape index (κ1) is 20.5. The minimum absolute atomic E-state index is 0.610. The summed E-state index contributed by atoms with van der Waals surface area (Å²) < 4.78 is 15.2. The number of aliphatic carboxylic acids is 1. The second-order valence-corrected chi connectivity index (χ2v) is 5.85. The lowest BCUT2D eigenvalue weighted by atomic mass is 9.96. The van der Waals surface area contributed by atoms with E-state index in [4.69, 9.17) is 14.2 Å². The number of carboxylic acid groups (broad SMARTS) is 1. The van der Waals surface area contributed by atoms with Crippen LogP contribution < -0.4 is 10.4 Å². The summed E-state index contributed by atoms with van der Waals surface area (Å²) in [4.78, 5) is 22.2. The molecule has 1 amide bonds. The van der Waals surface area contributed by atoms with Gasteiger partial charge in [0.25, 0.3) is 0 Å². The normalized spacial score (nSPS) is 40.3. The summed E-state index contributed by atoms with van der Waals surface area (Å²) in [5.41, 5.74) is 0. The molecule has 2 rings (SSSR count). The fourth-order valence-corrected chi connectivity index (χ4v) is 2.66. The Bertz CT molecular complexity index is 567. The minimum Gasteiger partial charge on any atom is -0.542 e. The Morgan fingerprint density at radius 3 is 2.46 bits per heavy atom. The summed E-state index contributed by atoms with van der Waals surface area (Å²) in [5, 5.41) is 62.3. The highest BCUT2D eigenvalue weighted by molar-refractivity contribution is 5.82. The molecule has 2 aliphatic rings. The summed E-state index contributed by atoms with van der Waals surface area (Å²) in [6.07, 6.45) is -10.5. The number of aliphatic hydroxyl groups excluding tert-OH is 5. The van der Waals surface area contributed by atoms with Crippen molar-refractivity contribution in [1.82, 2.24) is 5.32 Å². The Labute approximate surface area is 147 Å². The molecule has 12 nitrogen and oxygen atoms in total. The van der Waals surface area contributed by atoms with Crippen LogP contribution in [0.4, 0.5) is 0 Å². The third-order valence-electron chi connectivity index (χ3n) is 3.93. The molecular formula is C14H20NO11-. The van der Waals surface area contributed by atoms with Crippen molar-refractivity contribution in [1.29, 1.82) is 0 Å². The highest BCUT2D eigenvalue weighted by atomic mass is 16.7. The number of hydrogen-bond acceptors (Lipinski definition) is 11. The van der Waals surface area contributed by atoms with Gasteiger partial charge in [-0.3, -0.25) is 4.79 Å². The maximum Gasteiger partial charge on any atom is 0.229 e. The van der Waals surface area contributed by atoms with Gasteiger partial charge in [-0.15, -0.1) is 0 Å². The fraction of sp³-hybridized carbons (Fsp3) is 0.714. The van der Waals surface area contributed by atoms with Gasteiger partial charge in [-0.25, -0.2) is 0 Å². The van der Waals surface area contributed by atoms with Crippen LogP contribution in [0, 0.1) is 0 Å². The lowest BCUT2D eigenvalue weighted by Crippen LogP contribution is -2.66. The second-order valence-electron chi connectivity index (χ2n) is 5.85. The van der Waals surface area contributed by atoms with Gasteiger partial charge in [-0.2, -0.15) is 0 Å². The zero-order valence-corrected chi connectivity index (χ0v) is 13.6. The molecule has 0 bridgehead atoms. The Kier molecular flexibility index (Phi) is 6.52. The van der Waals surface area contributed by atoms with Crippen LogP contribution in [0.3, 0.4) is 0 Å². The van der Waals surface area contributed by atoms with Gasteiger partial charge in [0.1, 0.15) is 48.3 Å². The maximum atomic E-state index is 11.3. The number of carboxylic acids is 1. The molecule has 26 heavy (non-hydrogen) atoms. The van der Waals surface area contributed by atoms with Crippen LogP contribution in [0.2, 0.25) is 0 Å². The fourth-order valence-electron chi connectivity index (χ4n) is 2.66. The van der Waals surface area contributed by atoms with E-state index >= 15 is 0 Å². The van der Waals surface area contributed by atoms with Crippen LogP contribution in [-0.4, -0.2) is 93.2 Å². The first-order valence-corrected chi connectivity index (χ1v) is 7.66. The van der Waals surface area contributed by atoms with Crippen molar-refractivity contribution in [2.45, 2.75) is 56.1 Å². The zero-order valence-electron chi connectivity index (χ0n) is 13.6. The van der Waals surface area contributed by atoms with E-state index in [-0.39, 0.29) is 0 Å². The summed E-state index contributed by atoms with van der Waals surface area (Å²) in [7, 11) is 0. The van der Waals surface area contributed by atoms with Crippen molar-refractivity contribution in [3.8, 4) is 0 Å². The smallest absolute Gasteiger partial charge is 0.229 e. The lowest BCUT2D eigenvalue weighted by Gasteiger charge is -2.44. The Morgan fingerprint density at radius 1 is 1.27 bits per heavy atom. The lowest BCUT2D eigenvalue weighted by molar-refractivity contribution is -0.320. The molecule has 0 aliphatic carbocycles. The molecule has 0 aromatic heterocycles. The standard InChI is InChI=1S/C14H21NO11/c1-4(17)15-8-11(10(20)7(3-16)24-13(8)23)26-14-9(19)5(18)2-6(25-14)12(21)22/h2,5,7-11,13-14,16,18-20,23H,3H2,1H3,(H,15,17)(H,21,22)/p-1/t5-,7+,8+,9+,10-,11+,13?,14-/m0/s1. The molecular weight excluding hydrogens is 358 g/mol. The minimum atomic E-state index is -1.77. The van der Waals surface area contributed by atoms with E-state index in [1.54, 1.807) is 0 Å². The van der Waals surface area contributed by atoms with Crippen LogP contribution in [0.15, 0.2) is 11.8 Å². The molecule has 1 fully saturated rings. The van der Waals surface area contributed by atoms with E-state index in [0.717, 1.165) is 6.92 Å². The number of carbonyl (C=O) groups is 2. The third kappa shape index (κ3) is 4.29. The second kappa shape index (κ2) is 8.26. The maximum absolute atomic E-state index is 11.3. The number of amides is 1. The molecule has 1 saturated heterocycles. The molecule has 1 unspecified atom stereocenters. The predicted octanol–water partition coefficient (Wildman–Crippen LogP) is -5.34. The number of rotatable bonds is 5. The number of nitrogens with one attached hydrogen (secondary N) is 1. The van der Waals surface area contributed by atoms with E-state index in [1.165, 1.54) is 0 Å². The molecule has 0 saturated carbocycles. The summed E-state index contributed by atoms with van der Waals surface area (Å²) in [6.45, 7) is 0.423. The van der Waals surface area contributed by atoms with Gasteiger partial charge in [-0.1, -0.05) is 0 Å². The van der Waals surface area contributed by atoms with Crippen molar-refractivity contribution in [3.63, 3.8) is 0 Å². The third-order valence-corrected chi connectivity index (χ3v) is 3.93. The quantitative estimate of drug-likeness (QED) is 0.267. The van der Waals surface area contributed by atoms with Gasteiger partial charge in [0.05, 0.1) is 6.61 Å². The van der Waals surface area contributed by atoms with Gasteiger partial charge in [-0.05, 0) is 6.08 Å². The van der Waals surface area contributed by atoms with Crippen LogP contribution in [0.25, 0.3) is 0 Å². The van der Waals surface area contributed by atoms with Crippen molar-refractivity contribution in [3.05, 3.63) is 11.8 Å². The van der Waals surface area contributed by atoms with E-state index in [2.05, 4.69) is 5.32 Å². The summed E-state index contributed by atoms with van der Waals surface area (Å²) in [5.74, 6) is -3.19. The van der Waals surface area contributed by atoms with E-state index < -0.39 is 73.4 Å². The van der Waals surface area contributed by atoms with Crippen LogP contribution >= 0.6 is 0 Å². The molecule has 2 heterocycles. The number of hydrogen-bond donors (Lipinski definition) is 6. The molecule has 0 aromatic carbocycles. The largest absolute Gasteiger partial charge is 0.542 e. The summed E-state index contributed by atoms with van der Waals surface area (Å²) in [6, 6.07) is -1.34. The molecule has 12 heteroatoms. The van der Waals surface area contributed by atoms with Crippen LogP contribution in [-0.2, 0) is 23.8 Å². The van der Waals surface area contributed by atoms with Gasteiger partial charge >= 0.3 is 0 Å². The van der Waals surface area contributed by atoms with Crippen molar-refractivity contribution < 1.29 is 54.4 Å². The Morgan fingerprint density at radius 2 is 1.92 bits per heavy atom. The molecule has 0 spiro atoms. The monoisotopic (exact) mass is 378 g/mol. The molecule has 148 valence electrons. The van der Waals surface area contributed by atoms with Crippen LogP contribution in [0.1, 0.15) is 6.92 Å². The molecule has 0 aromatic rings. The Hall–Kier alpha value is -1.80. The number of ether oxygens (including phenoxy) is 3. The van der Waals surface area contributed by atoms with Gasteiger partial charge < -0.3 is 55.0 Å². The van der Waals surface area contributed by atoms with E-state index in [0.29, 0.717) is 6.08 Å². The van der Waals surface area contributed by atoms with Crippen LogP contribution in [0.5, 0.6) is 0 Å². The average molecular weight is 378 g/mol. The summed E-state index contributed by atoms with van der Waals surface area (Å²) >= 11 is 0. The van der Waals surface area contributed by atoms with E-state index in [9.17, 15) is 40.2 Å². The van der Waals surface area contributed by atoms with Gasteiger partial charge in [0.2, 0.25) is 12.2 Å². The molecule has 8 atom stereocenters. The van der Waals surface area contributed by atoms with Crippen molar-refractivity contribution in [2.75, 3.05) is 6.61 Å². The molecule has 6 N–H and O–H groups in total. The zero-order chi connectivity index (χ0) is 19.6. The van der Waals surface area contributed by atoms with Crippen molar-refractivity contribution in [2.24, 2.45) is 0 Å². The predicted molar refractivity (Wildman–Crippen MR) is 76.4 cm³/mol. The molecule has 0 radical (unpaired) electrons.